The minimum absolute atomic E-state index is 0.0108. The van der Waals surface area contributed by atoms with Gasteiger partial charge in [0.25, 0.3) is 0 Å². The van der Waals surface area contributed by atoms with Crippen molar-refractivity contribution in [3.8, 4) is 11.5 Å². The summed E-state index contributed by atoms with van der Waals surface area (Å²) in [6, 6.07) is 11.1. The van der Waals surface area contributed by atoms with Crippen LogP contribution < -0.4 is 10.1 Å². The Bertz CT molecular complexity index is 529. The van der Waals surface area contributed by atoms with Crippen LogP contribution in [0.1, 0.15) is 18.9 Å². The van der Waals surface area contributed by atoms with Crippen LogP contribution in [0, 0.1) is 0 Å². The number of nitrogens with zero attached hydrogens (tertiary/aromatic N) is 1. The number of anilines is 1. The largest absolute Gasteiger partial charge is 0.457 e. The maximum absolute atomic E-state index is 9.09. The highest BCUT2D eigenvalue weighted by Crippen LogP contribution is 2.23. The zero-order valence-corrected chi connectivity index (χ0v) is 11.0. The molecular formula is C15H18N2O2. The van der Waals surface area contributed by atoms with Crippen molar-refractivity contribution in [1.29, 1.82) is 0 Å². The van der Waals surface area contributed by atoms with Gasteiger partial charge in [0.15, 0.2) is 0 Å². The Morgan fingerprint density at radius 1 is 1.21 bits per heavy atom. The summed E-state index contributed by atoms with van der Waals surface area (Å²) in [6.45, 7) is 3.00. The molecule has 2 aromatic rings. The monoisotopic (exact) mass is 258 g/mol. The van der Waals surface area contributed by atoms with Gasteiger partial charge >= 0.3 is 0 Å². The van der Waals surface area contributed by atoms with Gasteiger partial charge in [-0.25, -0.2) is 4.98 Å². The second-order valence-electron chi connectivity index (χ2n) is 4.21. The van der Waals surface area contributed by atoms with Crippen molar-refractivity contribution < 1.29 is 9.84 Å². The molecule has 0 atom stereocenters. The van der Waals surface area contributed by atoms with Gasteiger partial charge in [-0.15, -0.1) is 0 Å². The minimum Gasteiger partial charge on any atom is -0.457 e. The SMILES string of the molecule is CCCNc1cc(Oc2cccc(CO)c2)ccn1. The number of nitrogens with one attached hydrogen (secondary N) is 1. The molecule has 2 rings (SSSR count). The van der Waals surface area contributed by atoms with E-state index in [0.29, 0.717) is 5.75 Å². The average Bonchev–Trinajstić information content (AvgIpc) is 2.46. The molecule has 0 radical (unpaired) electrons. The lowest BCUT2D eigenvalue weighted by Gasteiger charge is -2.09. The molecule has 2 N–H and O–H groups in total. The molecule has 0 bridgehead atoms. The van der Waals surface area contributed by atoms with Crippen LogP contribution in [-0.2, 0) is 6.61 Å². The third-order valence-corrected chi connectivity index (χ3v) is 2.60. The van der Waals surface area contributed by atoms with Crippen LogP contribution in [0.2, 0.25) is 0 Å². The Hall–Kier alpha value is -2.07. The fourth-order valence-corrected chi connectivity index (χ4v) is 1.67. The van der Waals surface area contributed by atoms with Gasteiger partial charge in [-0.3, -0.25) is 0 Å². The summed E-state index contributed by atoms with van der Waals surface area (Å²) >= 11 is 0. The van der Waals surface area contributed by atoms with Gasteiger partial charge in [-0.05, 0) is 30.2 Å². The number of ether oxygens (including phenoxy) is 1. The summed E-state index contributed by atoms with van der Waals surface area (Å²) in [6.07, 6.45) is 2.76. The van der Waals surface area contributed by atoms with Gasteiger partial charge < -0.3 is 15.2 Å². The van der Waals surface area contributed by atoms with E-state index in [4.69, 9.17) is 9.84 Å². The second kappa shape index (κ2) is 6.75. The predicted molar refractivity (Wildman–Crippen MR) is 75.5 cm³/mol. The molecule has 0 aliphatic carbocycles. The molecule has 0 aliphatic rings. The normalized spacial score (nSPS) is 10.2. The number of rotatable bonds is 6. The maximum atomic E-state index is 9.09. The van der Waals surface area contributed by atoms with Gasteiger partial charge in [0.1, 0.15) is 17.3 Å². The van der Waals surface area contributed by atoms with E-state index in [9.17, 15) is 0 Å². The first-order valence-electron chi connectivity index (χ1n) is 6.39. The summed E-state index contributed by atoms with van der Waals surface area (Å²) in [5.74, 6) is 2.24. The molecule has 19 heavy (non-hydrogen) atoms. The van der Waals surface area contributed by atoms with E-state index in [0.717, 1.165) is 30.1 Å². The number of hydrogen-bond acceptors (Lipinski definition) is 4. The Balaban J connectivity index is 2.09. The lowest BCUT2D eigenvalue weighted by molar-refractivity contribution is 0.281. The number of aromatic nitrogens is 1. The van der Waals surface area contributed by atoms with E-state index < -0.39 is 0 Å². The molecule has 0 fully saturated rings. The summed E-state index contributed by atoms with van der Waals surface area (Å²) < 4.78 is 5.75. The Morgan fingerprint density at radius 3 is 2.84 bits per heavy atom. The Morgan fingerprint density at radius 2 is 2.05 bits per heavy atom. The quantitative estimate of drug-likeness (QED) is 0.835. The van der Waals surface area contributed by atoms with Crippen LogP contribution in [0.4, 0.5) is 5.82 Å². The smallest absolute Gasteiger partial charge is 0.132 e. The summed E-state index contributed by atoms with van der Waals surface area (Å²) in [5.41, 5.74) is 0.830. The first kappa shape index (κ1) is 13.4. The molecule has 0 aliphatic heterocycles. The molecule has 0 saturated carbocycles. The number of aliphatic hydroxyl groups excluding tert-OH is 1. The van der Waals surface area contributed by atoms with Crippen LogP contribution in [0.25, 0.3) is 0 Å². The van der Waals surface area contributed by atoms with Crippen LogP contribution in [0.5, 0.6) is 11.5 Å². The van der Waals surface area contributed by atoms with Crippen molar-refractivity contribution in [3.63, 3.8) is 0 Å². The first-order valence-corrected chi connectivity index (χ1v) is 6.39. The molecule has 4 nitrogen and oxygen atoms in total. The molecular weight excluding hydrogens is 240 g/mol. The molecule has 1 aromatic heterocycles. The minimum atomic E-state index is 0.0108. The Kier molecular flexibility index (Phi) is 4.75. The number of pyridine rings is 1. The molecule has 4 heteroatoms. The van der Waals surface area contributed by atoms with Gasteiger partial charge in [-0.1, -0.05) is 19.1 Å². The topological polar surface area (TPSA) is 54.4 Å². The van der Waals surface area contributed by atoms with E-state index in [2.05, 4.69) is 17.2 Å². The van der Waals surface area contributed by atoms with E-state index in [1.807, 2.05) is 36.4 Å². The van der Waals surface area contributed by atoms with Crippen molar-refractivity contribution >= 4 is 5.82 Å². The van der Waals surface area contributed by atoms with Crippen molar-refractivity contribution in [2.45, 2.75) is 20.0 Å². The third-order valence-electron chi connectivity index (χ3n) is 2.60. The molecule has 0 amide bonds. The maximum Gasteiger partial charge on any atom is 0.132 e. The van der Waals surface area contributed by atoms with Crippen LogP contribution in [0.15, 0.2) is 42.6 Å². The van der Waals surface area contributed by atoms with Gasteiger partial charge in [-0.2, -0.15) is 0 Å². The fourth-order valence-electron chi connectivity index (χ4n) is 1.67. The van der Waals surface area contributed by atoms with E-state index in [1.165, 1.54) is 0 Å². The summed E-state index contributed by atoms with van der Waals surface area (Å²) in [4.78, 5) is 4.22. The van der Waals surface area contributed by atoms with E-state index >= 15 is 0 Å². The Labute approximate surface area is 113 Å². The average molecular weight is 258 g/mol. The third kappa shape index (κ3) is 3.96. The number of aliphatic hydroxyl groups is 1. The van der Waals surface area contributed by atoms with Crippen molar-refractivity contribution in [1.82, 2.24) is 4.98 Å². The van der Waals surface area contributed by atoms with Gasteiger partial charge in [0, 0.05) is 18.8 Å². The summed E-state index contributed by atoms with van der Waals surface area (Å²) in [7, 11) is 0. The van der Waals surface area contributed by atoms with Gasteiger partial charge in [0.2, 0.25) is 0 Å². The highest BCUT2D eigenvalue weighted by molar-refractivity contribution is 5.42. The van der Waals surface area contributed by atoms with Gasteiger partial charge in [0.05, 0.1) is 6.61 Å². The molecule has 0 spiro atoms. The highest BCUT2D eigenvalue weighted by Gasteiger charge is 2.01. The van der Waals surface area contributed by atoms with Crippen LogP contribution in [0.3, 0.4) is 0 Å². The molecule has 100 valence electrons. The zero-order valence-electron chi connectivity index (χ0n) is 11.0. The van der Waals surface area contributed by atoms with Crippen molar-refractivity contribution in [2.24, 2.45) is 0 Å². The highest BCUT2D eigenvalue weighted by atomic mass is 16.5. The lowest BCUT2D eigenvalue weighted by Crippen LogP contribution is -2.01. The zero-order chi connectivity index (χ0) is 13.5. The number of benzene rings is 1. The lowest BCUT2D eigenvalue weighted by atomic mass is 10.2. The van der Waals surface area contributed by atoms with Crippen LogP contribution >= 0.6 is 0 Å². The molecule has 0 saturated heterocycles. The molecule has 1 heterocycles. The van der Waals surface area contributed by atoms with E-state index in [-0.39, 0.29) is 6.61 Å². The predicted octanol–water partition coefficient (Wildman–Crippen LogP) is 3.19. The molecule has 0 unspecified atom stereocenters. The summed E-state index contributed by atoms with van der Waals surface area (Å²) in [5, 5.41) is 12.3. The number of hydrogen-bond donors (Lipinski definition) is 2. The second-order valence-corrected chi connectivity index (χ2v) is 4.21. The molecule has 1 aromatic carbocycles. The van der Waals surface area contributed by atoms with Crippen LogP contribution in [-0.4, -0.2) is 16.6 Å². The van der Waals surface area contributed by atoms with E-state index in [1.54, 1.807) is 6.20 Å². The first-order chi connectivity index (χ1) is 9.31. The standard InChI is InChI=1S/C15H18N2O2/c1-2-7-16-15-10-14(6-8-17-15)19-13-5-3-4-12(9-13)11-18/h3-6,8-10,18H,2,7,11H2,1H3,(H,16,17). The fraction of sp³-hybridized carbons (Fsp3) is 0.267. The van der Waals surface area contributed by atoms with Crippen molar-refractivity contribution in [2.75, 3.05) is 11.9 Å². The van der Waals surface area contributed by atoms with Crippen molar-refractivity contribution in [3.05, 3.63) is 48.2 Å².